The zero-order valence-electron chi connectivity index (χ0n) is 9.56. The summed E-state index contributed by atoms with van der Waals surface area (Å²) in [5.74, 6) is 0.185. The van der Waals surface area contributed by atoms with Gasteiger partial charge in [0, 0.05) is 34.6 Å². The van der Waals surface area contributed by atoms with E-state index in [4.69, 9.17) is 5.73 Å². The molecule has 0 saturated heterocycles. The first kappa shape index (κ1) is 11.8. The maximum atomic E-state index is 10.9. The van der Waals surface area contributed by atoms with Crippen LogP contribution in [0, 0.1) is 0 Å². The van der Waals surface area contributed by atoms with Crippen molar-refractivity contribution in [3.8, 4) is 11.1 Å². The maximum absolute atomic E-state index is 10.9. The van der Waals surface area contributed by atoms with Crippen molar-refractivity contribution in [1.82, 2.24) is 19.6 Å². The molecule has 0 aliphatic carbocycles. The summed E-state index contributed by atoms with van der Waals surface area (Å²) in [4.78, 5) is 8.05. The van der Waals surface area contributed by atoms with Crippen molar-refractivity contribution >= 4 is 22.7 Å². The van der Waals surface area contributed by atoms with Crippen molar-refractivity contribution in [2.24, 2.45) is 0 Å². The molecular weight excluding hydrogens is 266 g/mol. The molecule has 0 aliphatic rings. The van der Waals surface area contributed by atoms with Crippen LogP contribution in [0.15, 0.2) is 41.7 Å². The van der Waals surface area contributed by atoms with Gasteiger partial charge in [-0.05, 0) is 29.3 Å². The maximum Gasteiger partial charge on any atom is 0.240 e. The quantitative estimate of drug-likeness (QED) is 0.686. The Morgan fingerprint density at radius 3 is 2.89 bits per heavy atom. The number of nitrogens with two attached hydrogens (primary N) is 1. The van der Waals surface area contributed by atoms with Crippen LogP contribution in [0.3, 0.4) is 0 Å². The van der Waals surface area contributed by atoms with E-state index in [0.29, 0.717) is 11.2 Å². The van der Waals surface area contributed by atoms with Crippen LogP contribution in [-0.4, -0.2) is 28.3 Å². The molecule has 1 atom stereocenters. The summed E-state index contributed by atoms with van der Waals surface area (Å²) < 4.78 is 23.4. The number of fused-ring (bicyclic) bond motifs is 1. The zero-order valence-corrected chi connectivity index (χ0v) is 10.4. The van der Waals surface area contributed by atoms with Gasteiger partial charge in [0.05, 0.1) is 0 Å². The van der Waals surface area contributed by atoms with Crippen LogP contribution >= 0.6 is 0 Å². The van der Waals surface area contributed by atoms with Crippen LogP contribution in [0.1, 0.15) is 0 Å². The minimum atomic E-state index is -2.30. The van der Waals surface area contributed by atoms with Crippen molar-refractivity contribution in [2.75, 3.05) is 5.73 Å². The lowest BCUT2D eigenvalue weighted by atomic mass is 10.1. The number of hydrogen-bond acceptors (Lipinski definition) is 6. The smallest absolute Gasteiger partial charge is 0.240 e. The molecule has 3 heterocycles. The Hall–Kier alpha value is -2.32. The first-order chi connectivity index (χ1) is 9.13. The third-order valence-corrected chi connectivity index (χ3v) is 3.19. The molecule has 0 fully saturated rings. The largest absolute Gasteiger partial charge is 0.768 e. The van der Waals surface area contributed by atoms with Gasteiger partial charge >= 0.3 is 0 Å². The van der Waals surface area contributed by atoms with Crippen molar-refractivity contribution in [3.05, 3.63) is 36.8 Å². The molecule has 0 spiro atoms. The molecule has 19 heavy (non-hydrogen) atoms. The topological polar surface area (TPSA) is 109 Å². The Bertz CT molecular complexity index is 786. The third kappa shape index (κ3) is 2.18. The van der Waals surface area contributed by atoms with Gasteiger partial charge in [-0.3, -0.25) is 9.19 Å². The molecule has 0 radical (unpaired) electrons. The van der Waals surface area contributed by atoms with Crippen molar-refractivity contribution in [3.63, 3.8) is 0 Å². The summed E-state index contributed by atoms with van der Waals surface area (Å²) in [5.41, 5.74) is 7.58. The van der Waals surface area contributed by atoms with E-state index >= 15 is 0 Å². The highest BCUT2D eigenvalue weighted by atomic mass is 32.2. The number of nitrogen functional groups attached to an aromatic ring is 1. The van der Waals surface area contributed by atoms with Crippen LogP contribution in [0.4, 0.5) is 5.95 Å². The minimum Gasteiger partial charge on any atom is -0.768 e. The Morgan fingerprint density at radius 1 is 1.26 bits per heavy atom. The van der Waals surface area contributed by atoms with Gasteiger partial charge in [-0.15, -0.1) is 5.10 Å². The average Bonchev–Trinajstić information content (AvgIpc) is 2.77. The van der Waals surface area contributed by atoms with E-state index in [1.807, 2.05) is 0 Å². The molecule has 3 rings (SSSR count). The standard InChI is InChI=1S/C11H9N5O2S/c12-11-14-10-2-1-7(6-16(10)15-11)8-3-9(19(17)18)5-13-4-8/h1-6H,(H2,12,15)(H,17,18)/p-1. The van der Waals surface area contributed by atoms with E-state index in [1.54, 1.807) is 24.5 Å². The Morgan fingerprint density at radius 2 is 2.11 bits per heavy atom. The molecule has 3 aromatic rings. The highest BCUT2D eigenvalue weighted by molar-refractivity contribution is 7.79. The lowest BCUT2D eigenvalue weighted by molar-refractivity contribution is 0.536. The normalized spacial score (nSPS) is 12.7. The number of hydrogen-bond donors (Lipinski definition) is 1. The summed E-state index contributed by atoms with van der Waals surface area (Å²) in [6.45, 7) is 0. The Balaban J connectivity index is 2.12. The van der Waals surface area contributed by atoms with Crippen molar-refractivity contribution < 1.29 is 8.76 Å². The molecule has 7 nitrogen and oxygen atoms in total. The summed E-state index contributed by atoms with van der Waals surface area (Å²) in [5, 5.41) is 4.00. The molecule has 0 saturated carbocycles. The number of anilines is 1. The number of nitrogens with zero attached hydrogens (tertiary/aromatic N) is 4. The summed E-state index contributed by atoms with van der Waals surface area (Å²) in [7, 11) is 0. The minimum absolute atomic E-state index is 0.135. The van der Waals surface area contributed by atoms with Crippen LogP contribution in [0.5, 0.6) is 0 Å². The molecule has 96 valence electrons. The predicted octanol–water partition coefficient (Wildman–Crippen LogP) is 0.611. The fourth-order valence-electron chi connectivity index (χ4n) is 1.74. The monoisotopic (exact) mass is 274 g/mol. The Kier molecular flexibility index (Phi) is 2.73. The highest BCUT2D eigenvalue weighted by Gasteiger charge is 2.04. The first-order valence-corrected chi connectivity index (χ1v) is 6.37. The highest BCUT2D eigenvalue weighted by Crippen LogP contribution is 2.20. The number of rotatable bonds is 2. The van der Waals surface area contributed by atoms with Crippen LogP contribution < -0.4 is 5.73 Å². The first-order valence-electron chi connectivity index (χ1n) is 5.30. The van der Waals surface area contributed by atoms with Crippen molar-refractivity contribution in [2.45, 2.75) is 4.90 Å². The SMILES string of the molecule is Nc1nc2ccc(-c3cncc(S(=O)[O-])c3)cn2n1. The molecule has 0 amide bonds. The van der Waals surface area contributed by atoms with Gasteiger partial charge in [0.25, 0.3) is 0 Å². The molecule has 1 unspecified atom stereocenters. The lowest BCUT2D eigenvalue weighted by Crippen LogP contribution is -1.93. The second-order valence-corrected chi connectivity index (χ2v) is 4.78. The second kappa shape index (κ2) is 4.41. The van der Waals surface area contributed by atoms with E-state index in [1.165, 1.54) is 16.8 Å². The van der Waals surface area contributed by atoms with Gasteiger partial charge in [-0.25, -0.2) is 4.52 Å². The number of pyridine rings is 2. The van der Waals surface area contributed by atoms with Gasteiger partial charge in [-0.2, -0.15) is 4.98 Å². The fraction of sp³-hybridized carbons (Fsp3) is 0. The van der Waals surface area contributed by atoms with Crippen LogP contribution in [0.2, 0.25) is 0 Å². The van der Waals surface area contributed by atoms with Gasteiger partial charge in [0.2, 0.25) is 5.95 Å². The van der Waals surface area contributed by atoms with E-state index in [0.717, 1.165) is 5.56 Å². The van der Waals surface area contributed by atoms with Gasteiger partial charge in [0.1, 0.15) is 0 Å². The molecule has 0 aromatic carbocycles. The zero-order chi connectivity index (χ0) is 13.4. The summed E-state index contributed by atoms with van der Waals surface area (Å²) in [6, 6.07) is 5.09. The third-order valence-electron chi connectivity index (χ3n) is 2.59. The average molecular weight is 274 g/mol. The van der Waals surface area contributed by atoms with Gasteiger partial charge in [-0.1, -0.05) is 0 Å². The Labute approximate surface area is 110 Å². The molecule has 2 N–H and O–H groups in total. The van der Waals surface area contributed by atoms with Gasteiger partial charge in [0.15, 0.2) is 5.65 Å². The molecular formula is C11H8N5O2S-. The van der Waals surface area contributed by atoms with Crippen LogP contribution in [0.25, 0.3) is 16.8 Å². The lowest BCUT2D eigenvalue weighted by Gasteiger charge is -2.07. The summed E-state index contributed by atoms with van der Waals surface area (Å²) >= 11 is -2.30. The molecule has 3 aromatic heterocycles. The molecule has 0 bridgehead atoms. The second-order valence-electron chi connectivity index (χ2n) is 3.83. The summed E-state index contributed by atoms with van der Waals surface area (Å²) in [6.07, 6.45) is 4.59. The molecule has 8 heteroatoms. The fourth-order valence-corrected chi connectivity index (χ4v) is 2.11. The number of aromatic nitrogens is 4. The van der Waals surface area contributed by atoms with E-state index < -0.39 is 11.1 Å². The van der Waals surface area contributed by atoms with E-state index in [-0.39, 0.29) is 10.8 Å². The predicted molar refractivity (Wildman–Crippen MR) is 67.8 cm³/mol. The van der Waals surface area contributed by atoms with E-state index in [9.17, 15) is 8.76 Å². The van der Waals surface area contributed by atoms with E-state index in [2.05, 4.69) is 15.1 Å². The molecule has 0 aliphatic heterocycles. The van der Waals surface area contributed by atoms with Crippen LogP contribution in [-0.2, 0) is 11.1 Å². The van der Waals surface area contributed by atoms with Gasteiger partial charge < -0.3 is 10.3 Å². The van der Waals surface area contributed by atoms with Crippen molar-refractivity contribution in [1.29, 1.82) is 0 Å².